The van der Waals surface area contributed by atoms with Crippen molar-refractivity contribution in [2.45, 2.75) is 51.1 Å². The lowest BCUT2D eigenvalue weighted by Crippen LogP contribution is -2.42. The fraction of sp³-hybridized carbons (Fsp3) is 0.923. The molecule has 1 aliphatic carbocycles. The molecule has 100 valence electrons. The summed E-state index contributed by atoms with van der Waals surface area (Å²) in [5, 5.41) is 3.04. The van der Waals surface area contributed by atoms with E-state index in [4.69, 9.17) is 5.73 Å². The van der Waals surface area contributed by atoms with Crippen LogP contribution >= 0.6 is 0 Å². The molecule has 1 aliphatic rings. The molecule has 0 saturated heterocycles. The zero-order valence-corrected chi connectivity index (χ0v) is 11.4. The van der Waals surface area contributed by atoms with Gasteiger partial charge in [-0.15, -0.1) is 0 Å². The van der Waals surface area contributed by atoms with Crippen LogP contribution in [0, 0.1) is 5.92 Å². The van der Waals surface area contributed by atoms with Crippen LogP contribution in [0.2, 0.25) is 0 Å². The largest absolute Gasteiger partial charge is 0.352 e. The van der Waals surface area contributed by atoms with E-state index >= 15 is 0 Å². The van der Waals surface area contributed by atoms with Gasteiger partial charge in [0.2, 0.25) is 5.91 Å². The van der Waals surface area contributed by atoms with Crippen molar-refractivity contribution in [1.82, 2.24) is 10.2 Å². The second-order valence-electron chi connectivity index (χ2n) is 5.64. The summed E-state index contributed by atoms with van der Waals surface area (Å²) in [6, 6.07) is 0.427. The van der Waals surface area contributed by atoms with Crippen molar-refractivity contribution in [3.05, 3.63) is 0 Å². The van der Waals surface area contributed by atoms with Crippen molar-refractivity contribution in [2.24, 2.45) is 11.7 Å². The lowest BCUT2D eigenvalue weighted by molar-refractivity contribution is -0.123. The molecule has 3 unspecified atom stereocenters. The number of hydrogen-bond acceptors (Lipinski definition) is 3. The number of rotatable bonds is 5. The zero-order valence-electron chi connectivity index (χ0n) is 11.4. The third-order valence-electron chi connectivity index (χ3n) is 3.46. The lowest BCUT2D eigenvalue weighted by Gasteiger charge is -2.28. The molecule has 4 nitrogen and oxygen atoms in total. The summed E-state index contributed by atoms with van der Waals surface area (Å²) in [5.41, 5.74) is 6.05. The summed E-state index contributed by atoms with van der Waals surface area (Å²) in [7, 11) is 4.03. The summed E-state index contributed by atoms with van der Waals surface area (Å²) in [6.07, 6.45) is 5.22. The number of amides is 1. The SMILES string of the molecule is CC(CN(C)C)NC(=O)CC1CCCCC1N. The molecule has 1 amide bonds. The first-order valence-corrected chi connectivity index (χ1v) is 6.68. The summed E-state index contributed by atoms with van der Waals surface area (Å²) >= 11 is 0. The molecule has 4 heteroatoms. The van der Waals surface area contributed by atoms with E-state index in [2.05, 4.69) is 10.2 Å². The van der Waals surface area contributed by atoms with Gasteiger partial charge >= 0.3 is 0 Å². The lowest BCUT2D eigenvalue weighted by atomic mass is 9.83. The third-order valence-corrected chi connectivity index (χ3v) is 3.46. The average Bonchev–Trinajstić information content (AvgIpc) is 2.19. The third kappa shape index (κ3) is 5.50. The zero-order chi connectivity index (χ0) is 12.8. The van der Waals surface area contributed by atoms with Gasteiger partial charge in [-0.3, -0.25) is 4.79 Å². The van der Waals surface area contributed by atoms with Gasteiger partial charge in [-0.1, -0.05) is 12.8 Å². The molecular formula is C13H27N3O. The van der Waals surface area contributed by atoms with Gasteiger partial charge in [0.25, 0.3) is 0 Å². The highest BCUT2D eigenvalue weighted by atomic mass is 16.1. The molecule has 1 fully saturated rings. The summed E-state index contributed by atoms with van der Waals surface area (Å²) in [4.78, 5) is 13.9. The Morgan fingerprint density at radius 1 is 1.41 bits per heavy atom. The molecule has 0 bridgehead atoms. The molecule has 1 rings (SSSR count). The van der Waals surface area contributed by atoms with E-state index in [0.717, 1.165) is 19.4 Å². The van der Waals surface area contributed by atoms with Crippen LogP contribution in [-0.2, 0) is 4.79 Å². The highest BCUT2D eigenvalue weighted by Gasteiger charge is 2.24. The Hall–Kier alpha value is -0.610. The van der Waals surface area contributed by atoms with Crippen molar-refractivity contribution >= 4 is 5.91 Å². The van der Waals surface area contributed by atoms with Gasteiger partial charge in [0, 0.05) is 25.0 Å². The standard InChI is InChI=1S/C13H27N3O/c1-10(9-16(2)3)15-13(17)8-11-6-4-5-7-12(11)14/h10-12H,4-9,14H2,1-3H3,(H,15,17). The van der Waals surface area contributed by atoms with E-state index < -0.39 is 0 Å². The van der Waals surface area contributed by atoms with E-state index in [1.807, 2.05) is 21.0 Å². The van der Waals surface area contributed by atoms with Crippen molar-refractivity contribution in [1.29, 1.82) is 0 Å². The van der Waals surface area contributed by atoms with E-state index in [9.17, 15) is 4.79 Å². The second kappa shape index (κ2) is 6.97. The van der Waals surface area contributed by atoms with E-state index in [1.165, 1.54) is 12.8 Å². The highest BCUT2D eigenvalue weighted by Crippen LogP contribution is 2.25. The molecule has 3 atom stereocenters. The van der Waals surface area contributed by atoms with Crippen LogP contribution in [0.25, 0.3) is 0 Å². The summed E-state index contributed by atoms with van der Waals surface area (Å²) < 4.78 is 0. The highest BCUT2D eigenvalue weighted by molar-refractivity contribution is 5.76. The van der Waals surface area contributed by atoms with E-state index in [1.54, 1.807) is 0 Å². The van der Waals surface area contributed by atoms with Gasteiger partial charge in [0.15, 0.2) is 0 Å². The maximum absolute atomic E-state index is 11.9. The van der Waals surface area contributed by atoms with Gasteiger partial charge in [0.1, 0.15) is 0 Å². The van der Waals surface area contributed by atoms with Crippen molar-refractivity contribution in [3.63, 3.8) is 0 Å². The fourth-order valence-corrected chi connectivity index (χ4v) is 2.66. The molecule has 0 aromatic heterocycles. The predicted octanol–water partition coefficient (Wildman–Crippen LogP) is 0.960. The Balaban J connectivity index is 2.28. The molecular weight excluding hydrogens is 214 g/mol. The number of nitrogens with two attached hydrogens (primary N) is 1. The summed E-state index contributed by atoms with van der Waals surface area (Å²) in [6.45, 7) is 2.92. The maximum Gasteiger partial charge on any atom is 0.220 e. The predicted molar refractivity (Wildman–Crippen MR) is 70.7 cm³/mol. The molecule has 0 aromatic rings. The smallest absolute Gasteiger partial charge is 0.220 e. The first kappa shape index (κ1) is 14.5. The Labute approximate surface area is 105 Å². The van der Waals surface area contributed by atoms with Crippen LogP contribution in [0.3, 0.4) is 0 Å². The quantitative estimate of drug-likeness (QED) is 0.754. The van der Waals surface area contributed by atoms with Gasteiger partial charge in [-0.25, -0.2) is 0 Å². The monoisotopic (exact) mass is 241 g/mol. The van der Waals surface area contributed by atoms with Crippen molar-refractivity contribution in [3.8, 4) is 0 Å². The molecule has 0 aromatic carbocycles. The van der Waals surface area contributed by atoms with E-state index in [-0.39, 0.29) is 18.0 Å². The number of nitrogens with one attached hydrogen (secondary N) is 1. The van der Waals surface area contributed by atoms with Gasteiger partial charge in [-0.05, 0) is 39.8 Å². The van der Waals surface area contributed by atoms with Crippen molar-refractivity contribution < 1.29 is 4.79 Å². The van der Waals surface area contributed by atoms with Crippen LogP contribution in [0.1, 0.15) is 39.0 Å². The fourth-order valence-electron chi connectivity index (χ4n) is 2.66. The van der Waals surface area contributed by atoms with Gasteiger partial charge in [0.05, 0.1) is 0 Å². The molecule has 0 spiro atoms. The first-order valence-electron chi connectivity index (χ1n) is 6.68. The second-order valence-corrected chi connectivity index (χ2v) is 5.64. The summed E-state index contributed by atoms with van der Waals surface area (Å²) in [5.74, 6) is 0.539. The number of carbonyl (C=O) groups is 1. The minimum Gasteiger partial charge on any atom is -0.352 e. The average molecular weight is 241 g/mol. The maximum atomic E-state index is 11.9. The molecule has 1 saturated carbocycles. The normalized spacial score (nSPS) is 26.9. The topological polar surface area (TPSA) is 58.4 Å². The minimum atomic E-state index is 0.154. The molecule has 0 heterocycles. The Morgan fingerprint density at radius 3 is 2.65 bits per heavy atom. The van der Waals surface area contributed by atoms with E-state index in [0.29, 0.717) is 12.3 Å². The number of hydrogen-bond donors (Lipinski definition) is 2. The Kier molecular flexibility index (Phi) is 5.92. The van der Waals surface area contributed by atoms with Crippen molar-refractivity contribution in [2.75, 3.05) is 20.6 Å². The molecule has 17 heavy (non-hydrogen) atoms. The van der Waals surface area contributed by atoms with Crippen LogP contribution < -0.4 is 11.1 Å². The van der Waals surface area contributed by atoms with Crippen LogP contribution in [-0.4, -0.2) is 43.5 Å². The number of carbonyl (C=O) groups excluding carboxylic acids is 1. The Bertz CT molecular complexity index is 243. The number of nitrogens with zero attached hydrogens (tertiary/aromatic N) is 1. The Morgan fingerprint density at radius 2 is 2.06 bits per heavy atom. The van der Waals surface area contributed by atoms with Gasteiger partial charge < -0.3 is 16.0 Å². The molecule has 3 N–H and O–H groups in total. The van der Waals surface area contributed by atoms with Crippen LogP contribution in [0.15, 0.2) is 0 Å². The van der Waals surface area contributed by atoms with Crippen LogP contribution in [0.4, 0.5) is 0 Å². The van der Waals surface area contributed by atoms with Gasteiger partial charge in [-0.2, -0.15) is 0 Å². The first-order chi connectivity index (χ1) is 7.99. The molecule has 0 aliphatic heterocycles. The minimum absolute atomic E-state index is 0.154. The van der Waals surface area contributed by atoms with Crippen LogP contribution in [0.5, 0.6) is 0 Å². The molecule has 0 radical (unpaired) electrons. The number of likely N-dealkylation sites (N-methyl/N-ethyl adjacent to an activating group) is 1.